The van der Waals surface area contributed by atoms with Gasteiger partial charge in [0.1, 0.15) is 5.75 Å². The maximum Gasteiger partial charge on any atom is 0.319 e. The van der Waals surface area contributed by atoms with Gasteiger partial charge in [0.15, 0.2) is 0 Å². The van der Waals surface area contributed by atoms with E-state index in [2.05, 4.69) is 16.0 Å². The molecule has 0 bridgehead atoms. The van der Waals surface area contributed by atoms with Crippen LogP contribution in [0.4, 0.5) is 10.5 Å². The predicted octanol–water partition coefficient (Wildman–Crippen LogP) is 2.52. The van der Waals surface area contributed by atoms with E-state index in [4.69, 9.17) is 10.5 Å². The lowest BCUT2D eigenvalue weighted by molar-refractivity contribution is -0.125. The summed E-state index contributed by atoms with van der Waals surface area (Å²) in [5.74, 6) is 0.876. The highest BCUT2D eigenvalue weighted by atomic mass is 16.5. The molecule has 10 heteroatoms. The van der Waals surface area contributed by atoms with Crippen LogP contribution in [0.3, 0.4) is 0 Å². The molecule has 1 fully saturated rings. The number of hydrogen-bond acceptors (Lipinski definition) is 6. The monoisotopic (exact) mass is 507 g/mol. The molecule has 0 aromatic heterocycles. The minimum absolute atomic E-state index is 0.0838. The lowest BCUT2D eigenvalue weighted by Crippen LogP contribution is -2.37. The smallest absolute Gasteiger partial charge is 0.319 e. The Balaban J connectivity index is 1.23. The van der Waals surface area contributed by atoms with Gasteiger partial charge in [0.25, 0.3) is 5.91 Å². The SMILES string of the molecule is CC(CCC(=O)NC=O)N1Cc2cc(CNC(=O)Nc3ccc(OC4CC(CN)C4)cc3)ccc2C1=O. The first-order valence-electron chi connectivity index (χ1n) is 12.5. The number of urea groups is 1. The van der Waals surface area contributed by atoms with Gasteiger partial charge >= 0.3 is 6.03 Å². The molecule has 10 nitrogen and oxygen atoms in total. The average molecular weight is 508 g/mol. The van der Waals surface area contributed by atoms with Crippen molar-refractivity contribution in [2.45, 2.75) is 57.8 Å². The molecule has 1 unspecified atom stereocenters. The Morgan fingerprint density at radius 1 is 1.19 bits per heavy atom. The zero-order chi connectivity index (χ0) is 26.4. The first-order chi connectivity index (χ1) is 17.9. The first-order valence-corrected chi connectivity index (χ1v) is 12.5. The lowest BCUT2D eigenvalue weighted by Gasteiger charge is -2.34. The molecule has 1 saturated carbocycles. The number of amides is 5. The van der Waals surface area contributed by atoms with Gasteiger partial charge in [-0.15, -0.1) is 0 Å². The van der Waals surface area contributed by atoms with Crippen LogP contribution in [0, 0.1) is 5.92 Å². The van der Waals surface area contributed by atoms with Crippen LogP contribution in [0.15, 0.2) is 42.5 Å². The zero-order valence-corrected chi connectivity index (χ0v) is 20.9. The number of ether oxygens (including phenoxy) is 1. The highest BCUT2D eigenvalue weighted by Crippen LogP contribution is 2.31. The Hall–Kier alpha value is -3.92. The summed E-state index contributed by atoms with van der Waals surface area (Å²) in [6.45, 7) is 3.32. The fourth-order valence-electron chi connectivity index (χ4n) is 4.63. The number of nitrogens with zero attached hydrogens (tertiary/aromatic N) is 1. The van der Waals surface area contributed by atoms with E-state index in [0.29, 0.717) is 49.6 Å². The summed E-state index contributed by atoms with van der Waals surface area (Å²) in [5.41, 5.74) is 8.69. The highest BCUT2D eigenvalue weighted by molar-refractivity contribution is 5.98. The van der Waals surface area contributed by atoms with Crippen molar-refractivity contribution in [2.24, 2.45) is 11.7 Å². The number of imide groups is 1. The quantitative estimate of drug-likeness (QED) is 0.344. The fourth-order valence-corrected chi connectivity index (χ4v) is 4.63. The van der Waals surface area contributed by atoms with Gasteiger partial charge in [-0.1, -0.05) is 12.1 Å². The minimum atomic E-state index is -0.364. The molecule has 0 saturated heterocycles. The second-order valence-electron chi connectivity index (χ2n) is 9.64. The van der Waals surface area contributed by atoms with E-state index < -0.39 is 0 Å². The maximum absolute atomic E-state index is 12.8. The number of anilines is 1. The second-order valence-corrected chi connectivity index (χ2v) is 9.64. The Bertz CT molecular complexity index is 1150. The number of carbonyl (C=O) groups is 4. The summed E-state index contributed by atoms with van der Waals surface area (Å²) < 4.78 is 5.91. The van der Waals surface area contributed by atoms with E-state index in [0.717, 1.165) is 29.7 Å². The summed E-state index contributed by atoms with van der Waals surface area (Å²) >= 11 is 0. The third-order valence-electron chi connectivity index (χ3n) is 6.94. The van der Waals surface area contributed by atoms with Crippen molar-refractivity contribution >= 4 is 29.9 Å². The van der Waals surface area contributed by atoms with Crippen LogP contribution >= 0.6 is 0 Å². The number of benzene rings is 2. The number of nitrogens with two attached hydrogens (primary N) is 1. The van der Waals surface area contributed by atoms with Gasteiger partial charge in [0, 0.05) is 36.8 Å². The number of carbonyl (C=O) groups excluding carboxylic acids is 4. The van der Waals surface area contributed by atoms with Gasteiger partial charge in [-0.05, 0) is 80.1 Å². The minimum Gasteiger partial charge on any atom is -0.490 e. The topological polar surface area (TPSA) is 143 Å². The third kappa shape index (κ3) is 6.65. The lowest BCUT2D eigenvalue weighted by atomic mass is 9.82. The van der Waals surface area contributed by atoms with E-state index in [9.17, 15) is 19.2 Å². The molecule has 2 aliphatic rings. The van der Waals surface area contributed by atoms with Crippen molar-refractivity contribution in [2.75, 3.05) is 11.9 Å². The van der Waals surface area contributed by atoms with E-state index in [1.807, 2.05) is 31.2 Å². The fraction of sp³-hybridized carbons (Fsp3) is 0.407. The molecular formula is C27H33N5O5. The predicted molar refractivity (Wildman–Crippen MR) is 138 cm³/mol. The molecule has 2 aromatic rings. The summed E-state index contributed by atoms with van der Waals surface area (Å²) in [5, 5.41) is 7.76. The standard InChI is InChI=1S/C27H33N5O5/c1-17(2-9-25(34)30-16-33)32-15-20-10-18(3-8-24(20)26(32)35)14-29-27(36)31-21-4-6-22(7-5-21)37-23-11-19(12-23)13-28/h3-8,10,16-17,19,23H,2,9,11-15,28H2,1H3,(H2,29,31,36)(H,30,33,34). The summed E-state index contributed by atoms with van der Waals surface area (Å²) in [4.78, 5) is 48.8. The van der Waals surface area contributed by atoms with Gasteiger partial charge in [-0.2, -0.15) is 0 Å². The van der Waals surface area contributed by atoms with Crippen LogP contribution in [-0.4, -0.2) is 47.8 Å². The van der Waals surface area contributed by atoms with Crippen LogP contribution in [0.5, 0.6) is 5.75 Å². The molecule has 5 N–H and O–H groups in total. The molecule has 1 heterocycles. The molecule has 0 radical (unpaired) electrons. The molecule has 5 amide bonds. The van der Waals surface area contributed by atoms with Gasteiger partial charge < -0.3 is 26.0 Å². The van der Waals surface area contributed by atoms with Crippen molar-refractivity contribution in [3.8, 4) is 5.75 Å². The number of rotatable bonds is 11. The van der Waals surface area contributed by atoms with Crippen LogP contribution in [0.25, 0.3) is 0 Å². The molecule has 2 aromatic carbocycles. The number of fused-ring (bicyclic) bond motifs is 1. The molecule has 0 spiro atoms. The summed E-state index contributed by atoms with van der Waals surface area (Å²) in [6, 6.07) is 12.3. The van der Waals surface area contributed by atoms with Gasteiger partial charge in [-0.25, -0.2) is 4.79 Å². The van der Waals surface area contributed by atoms with Gasteiger partial charge in [0.05, 0.1) is 6.10 Å². The molecule has 4 rings (SSSR count). The maximum atomic E-state index is 12.8. The zero-order valence-electron chi connectivity index (χ0n) is 20.9. The van der Waals surface area contributed by atoms with Crippen LogP contribution in [0.1, 0.15) is 54.1 Å². The van der Waals surface area contributed by atoms with Crippen molar-refractivity contribution in [1.82, 2.24) is 15.5 Å². The van der Waals surface area contributed by atoms with Crippen molar-refractivity contribution in [3.05, 3.63) is 59.2 Å². The number of hydrogen-bond donors (Lipinski definition) is 4. The van der Waals surface area contributed by atoms with Gasteiger partial charge in [0.2, 0.25) is 12.3 Å². The van der Waals surface area contributed by atoms with Crippen LogP contribution in [0.2, 0.25) is 0 Å². The van der Waals surface area contributed by atoms with Crippen molar-refractivity contribution in [1.29, 1.82) is 0 Å². The van der Waals surface area contributed by atoms with Crippen molar-refractivity contribution < 1.29 is 23.9 Å². The number of nitrogens with one attached hydrogen (secondary N) is 3. The van der Waals surface area contributed by atoms with E-state index in [-0.39, 0.29) is 36.4 Å². The van der Waals surface area contributed by atoms with E-state index >= 15 is 0 Å². The second kappa shape index (κ2) is 11.9. The third-order valence-corrected chi connectivity index (χ3v) is 6.94. The molecule has 1 aliphatic carbocycles. The molecule has 1 aliphatic heterocycles. The summed E-state index contributed by atoms with van der Waals surface area (Å²) in [7, 11) is 0. The Morgan fingerprint density at radius 3 is 2.65 bits per heavy atom. The van der Waals surface area contributed by atoms with E-state index in [1.54, 1.807) is 23.1 Å². The van der Waals surface area contributed by atoms with Crippen LogP contribution < -0.4 is 26.4 Å². The molecule has 37 heavy (non-hydrogen) atoms. The summed E-state index contributed by atoms with van der Waals surface area (Å²) in [6.07, 6.45) is 3.15. The normalized spacial score (nSPS) is 18.9. The van der Waals surface area contributed by atoms with Crippen LogP contribution in [-0.2, 0) is 22.7 Å². The Labute approximate surface area is 215 Å². The largest absolute Gasteiger partial charge is 0.490 e. The van der Waals surface area contributed by atoms with Crippen molar-refractivity contribution in [3.63, 3.8) is 0 Å². The average Bonchev–Trinajstić information content (AvgIpc) is 3.20. The molecule has 1 atom stereocenters. The van der Waals surface area contributed by atoms with E-state index in [1.165, 1.54) is 0 Å². The Morgan fingerprint density at radius 2 is 1.95 bits per heavy atom. The Kier molecular flexibility index (Phi) is 8.39. The molecular weight excluding hydrogens is 474 g/mol. The highest BCUT2D eigenvalue weighted by Gasteiger charge is 2.31. The molecule has 196 valence electrons. The first kappa shape index (κ1) is 26.2. The van der Waals surface area contributed by atoms with Gasteiger partial charge in [-0.3, -0.25) is 19.7 Å².